The highest BCUT2D eigenvalue weighted by Crippen LogP contribution is 2.20. The highest BCUT2D eigenvalue weighted by Gasteiger charge is 2.31. The quantitative estimate of drug-likeness (QED) is 0.502. The molecule has 0 radical (unpaired) electrons. The van der Waals surface area contributed by atoms with Gasteiger partial charge >= 0.3 is 0 Å². The molecule has 0 aromatic heterocycles. The molecule has 0 fully saturated rings. The van der Waals surface area contributed by atoms with Crippen LogP contribution in [0.5, 0.6) is 0 Å². The number of sulfonamides is 2. The first kappa shape index (κ1) is 26.5. The van der Waals surface area contributed by atoms with Crippen LogP contribution in [0.1, 0.15) is 27.7 Å². The summed E-state index contributed by atoms with van der Waals surface area (Å²) in [5, 5.41) is 10.8. The lowest BCUT2D eigenvalue weighted by Gasteiger charge is -2.30. The minimum absolute atomic E-state index is 0.0282. The predicted octanol–water partition coefficient (Wildman–Crippen LogP) is 3.04. The van der Waals surface area contributed by atoms with Crippen molar-refractivity contribution in [3.63, 3.8) is 0 Å². The molecule has 0 unspecified atom stereocenters. The van der Waals surface area contributed by atoms with Crippen molar-refractivity contribution in [2.75, 3.05) is 26.2 Å². The van der Waals surface area contributed by atoms with Crippen molar-refractivity contribution in [1.82, 2.24) is 8.61 Å². The highest BCUT2D eigenvalue weighted by molar-refractivity contribution is 7.89. The Morgan fingerprint density at radius 3 is 1.22 bits per heavy atom. The third-order valence-electron chi connectivity index (χ3n) is 4.73. The van der Waals surface area contributed by atoms with Crippen molar-refractivity contribution in [3.05, 3.63) is 60.7 Å². The summed E-state index contributed by atoms with van der Waals surface area (Å²) in [4.78, 5) is 0.285. The molecule has 0 saturated heterocycles. The predicted molar refractivity (Wildman–Crippen MR) is 126 cm³/mol. The number of hydrogen-bond donors (Lipinski definition) is 1. The van der Waals surface area contributed by atoms with E-state index in [1.807, 2.05) is 27.7 Å². The molecule has 1 N–H and O–H groups in total. The van der Waals surface area contributed by atoms with Crippen LogP contribution in [0, 0.1) is 11.8 Å². The fourth-order valence-electron chi connectivity index (χ4n) is 3.37. The van der Waals surface area contributed by atoms with E-state index in [-0.39, 0.29) is 47.8 Å². The number of rotatable bonds is 12. The molecule has 0 aliphatic heterocycles. The van der Waals surface area contributed by atoms with Gasteiger partial charge in [-0.1, -0.05) is 64.1 Å². The third kappa shape index (κ3) is 7.11. The molecule has 0 heterocycles. The van der Waals surface area contributed by atoms with Crippen LogP contribution in [-0.2, 0) is 20.0 Å². The molecule has 0 spiro atoms. The fraction of sp³-hybridized carbons (Fsp3) is 0.478. The number of aliphatic hydroxyl groups is 1. The SMILES string of the molecule is CC(C)CN(CC(O)CN(CC(C)C)S(=O)(=O)c1ccccc1)S(=O)(=O)c1ccccc1. The Balaban J connectivity index is 2.28. The molecule has 0 aliphatic carbocycles. The summed E-state index contributed by atoms with van der Waals surface area (Å²) >= 11 is 0. The molecule has 0 bridgehead atoms. The fourth-order valence-corrected chi connectivity index (χ4v) is 6.69. The number of aliphatic hydroxyl groups excluding tert-OH is 1. The van der Waals surface area contributed by atoms with Crippen molar-refractivity contribution in [1.29, 1.82) is 0 Å². The molecule has 178 valence electrons. The summed E-state index contributed by atoms with van der Waals surface area (Å²) in [6.07, 6.45) is -1.19. The normalized spacial score (nSPS) is 13.1. The van der Waals surface area contributed by atoms with Gasteiger partial charge in [-0.05, 0) is 36.1 Å². The molecule has 0 aliphatic rings. The molecule has 2 aromatic rings. The van der Waals surface area contributed by atoms with Crippen molar-refractivity contribution in [2.24, 2.45) is 11.8 Å². The van der Waals surface area contributed by atoms with Gasteiger partial charge in [0.2, 0.25) is 20.0 Å². The Kier molecular flexibility index (Phi) is 9.41. The summed E-state index contributed by atoms with van der Waals surface area (Å²) in [5.74, 6) is 0.0565. The lowest BCUT2D eigenvalue weighted by Crippen LogP contribution is -2.46. The van der Waals surface area contributed by atoms with Crippen LogP contribution in [0.3, 0.4) is 0 Å². The molecule has 9 heteroatoms. The van der Waals surface area contributed by atoms with Crippen LogP contribution in [0.25, 0.3) is 0 Å². The molecule has 32 heavy (non-hydrogen) atoms. The maximum absolute atomic E-state index is 13.2. The maximum atomic E-state index is 13.2. The second-order valence-corrected chi connectivity index (χ2v) is 12.6. The molecule has 0 saturated carbocycles. The first-order valence-corrected chi connectivity index (χ1v) is 13.6. The minimum atomic E-state index is -3.83. The van der Waals surface area contributed by atoms with E-state index in [1.54, 1.807) is 36.4 Å². The Labute approximate surface area is 192 Å². The number of hydrogen-bond acceptors (Lipinski definition) is 5. The number of nitrogens with zero attached hydrogens (tertiary/aromatic N) is 2. The monoisotopic (exact) mass is 482 g/mol. The van der Waals surface area contributed by atoms with E-state index in [0.717, 1.165) is 0 Å². The number of benzene rings is 2. The Hall–Kier alpha value is -1.78. The Morgan fingerprint density at radius 2 is 0.938 bits per heavy atom. The van der Waals surface area contributed by atoms with Gasteiger partial charge in [0.15, 0.2) is 0 Å². The van der Waals surface area contributed by atoms with Gasteiger partial charge in [0, 0.05) is 26.2 Å². The molecular weight excluding hydrogens is 448 g/mol. The summed E-state index contributed by atoms with van der Waals surface area (Å²) in [7, 11) is -7.66. The summed E-state index contributed by atoms with van der Waals surface area (Å²) in [5.41, 5.74) is 0. The standard InChI is InChI=1S/C23H34N2O5S2/c1-19(2)15-24(31(27,28)22-11-7-5-8-12-22)17-21(26)18-25(16-20(3)4)32(29,30)23-13-9-6-10-14-23/h5-14,19-21,26H,15-18H2,1-4H3. The molecular formula is C23H34N2O5S2. The first-order valence-electron chi connectivity index (χ1n) is 10.7. The second kappa shape index (κ2) is 11.4. The average Bonchev–Trinajstić information content (AvgIpc) is 2.73. The lowest BCUT2D eigenvalue weighted by atomic mass is 10.2. The van der Waals surface area contributed by atoms with E-state index in [0.29, 0.717) is 0 Å². The van der Waals surface area contributed by atoms with Gasteiger partial charge in [0.1, 0.15) is 0 Å². The largest absolute Gasteiger partial charge is 0.390 e. The van der Waals surface area contributed by atoms with Crippen molar-refractivity contribution in [2.45, 2.75) is 43.6 Å². The zero-order valence-electron chi connectivity index (χ0n) is 19.1. The minimum Gasteiger partial charge on any atom is -0.390 e. The van der Waals surface area contributed by atoms with Gasteiger partial charge < -0.3 is 5.11 Å². The van der Waals surface area contributed by atoms with Crippen LogP contribution in [-0.4, -0.2) is 62.8 Å². The lowest BCUT2D eigenvalue weighted by molar-refractivity contribution is 0.116. The van der Waals surface area contributed by atoms with Crippen molar-refractivity contribution >= 4 is 20.0 Å². The smallest absolute Gasteiger partial charge is 0.243 e. The highest BCUT2D eigenvalue weighted by atomic mass is 32.2. The third-order valence-corrected chi connectivity index (χ3v) is 8.42. The summed E-state index contributed by atoms with van der Waals surface area (Å²) in [6, 6.07) is 16.1. The molecule has 2 rings (SSSR count). The van der Waals surface area contributed by atoms with Crippen LogP contribution in [0.2, 0.25) is 0 Å². The first-order chi connectivity index (χ1) is 14.9. The summed E-state index contributed by atoms with van der Waals surface area (Å²) < 4.78 is 55.1. The van der Waals surface area contributed by atoms with Gasteiger partial charge in [-0.15, -0.1) is 0 Å². The van der Waals surface area contributed by atoms with Crippen molar-refractivity contribution < 1.29 is 21.9 Å². The van der Waals surface area contributed by atoms with Crippen LogP contribution in [0.15, 0.2) is 70.5 Å². The van der Waals surface area contributed by atoms with E-state index in [4.69, 9.17) is 0 Å². The van der Waals surface area contributed by atoms with Gasteiger partial charge in [-0.2, -0.15) is 8.61 Å². The van der Waals surface area contributed by atoms with Crippen LogP contribution >= 0.6 is 0 Å². The Morgan fingerprint density at radius 1 is 0.625 bits per heavy atom. The average molecular weight is 483 g/mol. The topological polar surface area (TPSA) is 95.0 Å². The van der Waals surface area contributed by atoms with Crippen LogP contribution < -0.4 is 0 Å². The van der Waals surface area contributed by atoms with E-state index in [1.165, 1.54) is 32.9 Å². The molecule has 7 nitrogen and oxygen atoms in total. The molecule has 2 aromatic carbocycles. The van der Waals surface area contributed by atoms with Gasteiger partial charge in [-0.3, -0.25) is 0 Å². The van der Waals surface area contributed by atoms with Crippen LogP contribution in [0.4, 0.5) is 0 Å². The Bertz CT molecular complexity index is 955. The van der Waals surface area contributed by atoms with Crippen molar-refractivity contribution in [3.8, 4) is 0 Å². The van der Waals surface area contributed by atoms with E-state index in [2.05, 4.69) is 0 Å². The summed E-state index contributed by atoms with van der Waals surface area (Å²) in [6.45, 7) is 7.60. The maximum Gasteiger partial charge on any atom is 0.243 e. The molecule has 0 atom stereocenters. The van der Waals surface area contributed by atoms with Gasteiger partial charge in [-0.25, -0.2) is 16.8 Å². The van der Waals surface area contributed by atoms with Gasteiger partial charge in [0.25, 0.3) is 0 Å². The van der Waals surface area contributed by atoms with Gasteiger partial charge in [0.05, 0.1) is 15.9 Å². The zero-order valence-corrected chi connectivity index (χ0v) is 20.8. The zero-order chi connectivity index (χ0) is 23.9. The van der Waals surface area contributed by atoms with E-state index >= 15 is 0 Å². The molecule has 0 amide bonds. The second-order valence-electron chi connectivity index (χ2n) is 8.71. The van der Waals surface area contributed by atoms with E-state index < -0.39 is 26.2 Å². The van der Waals surface area contributed by atoms with E-state index in [9.17, 15) is 21.9 Å².